The van der Waals surface area contributed by atoms with Crippen molar-refractivity contribution in [2.45, 2.75) is 285 Å². The van der Waals surface area contributed by atoms with Crippen LogP contribution in [0, 0.1) is 0 Å². The van der Waals surface area contributed by atoms with E-state index in [1.807, 2.05) is 18.2 Å². The van der Waals surface area contributed by atoms with Gasteiger partial charge in [0.1, 0.15) is 24.4 Å². The van der Waals surface area contributed by atoms with Crippen LogP contribution in [0.15, 0.2) is 59.0 Å². The lowest BCUT2D eigenvalue weighted by atomic mass is 9.93. The molecule has 0 amide bonds. The van der Waals surface area contributed by atoms with E-state index in [0.29, 0.717) is 10.0 Å². The predicted octanol–water partition coefficient (Wildman–Crippen LogP) is 22.8. The van der Waals surface area contributed by atoms with Crippen molar-refractivity contribution < 1.29 is 4.42 Å². The Morgan fingerprint density at radius 3 is 1.17 bits per heavy atom. The number of fused-ring (bicyclic) bond motifs is 2. The van der Waals surface area contributed by atoms with Crippen molar-refractivity contribution >= 4 is 39.9 Å². The van der Waals surface area contributed by atoms with Gasteiger partial charge in [-0.2, -0.15) is 0 Å². The summed E-state index contributed by atoms with van der Waals surface area (Å²) in [5.41, 5.74) is 5.22. The zero-order chi connectivity index (χ0) is 51.1. The molecule has 1 aliphatic heterocycles. The Kier molecular flexibility index (Phi) is 35.1. The van der Waals surface area contributed by atoms with Gasteiger partial charge in [-0.1, -0.05) is 275 Å². The summed E-state index contributed by atoms with van der Waals surface area (Å²) in [6, 6.07) is 19.9. The van der Waals surface area contributed by atoms with E-state index in [4.69, 9.17) is 27.6 Å². The molecule has 2 aliphatic rings. The van der Waals surface area contributed by atoms with Crippen molar-refractivity contribution in [3.05, 3.63) is 70.0 Å². The molecule has 3 nitrogen and oxygen atoms in total. The van der Waals surface area contributed by atoms with Crippen LogP contribution in [-0.2, 0) is 0 Å². The van der Waals surface area contributed by atoms with Crippen LogP contribution in [0.1, 0.15) is 285 Å². The van der Waals surface area contributed by atoms with Crippen LogP contribution in [0.4, 0.5) is 5.69 Å². The van der Waals surface area contributed by atoms with E-state index < -0.39 is 0 Å². The first-order valence-corrected chi connectivity index (χ1v) is 32.1. The smallest absolute Gasteiger partial charge is 0.203 e. The Morgan fingerprint density at radius 2 is 0.764 bits per heavy atom. The second-order valence-corrected chi connectivity index (χ2v) is 23.0. The number of hydrogen-bond donors (Lipinski definition) is 0. The van der Waals surface area contributed by atoms with E-state index in [2.05, 4.69) is 73.6 Å². The Hall–Kier alpha value is -2.49. The molecule has 0 unspecified atom stereocenters. The molecule has 2 aromatic carbocycles. The van der Waals surface area contributed by atoms with E-state index in [-0.39, 0.29) is 0 Å². The van der Waals surface area contributed by atoms with Gasteiger partial charge in [0.25, 0.3) is 0 Å². The minimum absolute atomic E-state index is 0.677. The summed E-state index contributed by atoms with van der Waals surface area (Å²) >= 11 is 14.2. The molecule has 0 bridgehead atoms. The van der Waals surface area contributed by atoms with Crippen molar-refractivity contribution in [3.63, 3.8) is 0 Å². The number of unbranched alkanes of at least 4 members (excludes halogenated alkanes) is 36. The van der Waals surface area contributed by atoms with Gasteiger partial charge in [-0.25, -0.2) is 4.58 Å². The third-order valence-electron chi connectivity index (χ3n) is 15.8. The van der Waals surface area contributed by atoms with Gasteiger partial charge >= 0.3 is 0 Å². The van der Waals surface area contributed by atoms with Gasteiger partial charge in [0.05, 0.1) is 6.07 Å². The largest absolute Gasteiger partial charge is 0.456 e. The van der Waals surface area contributed by atoms with Crippen LogP contribution >= 0.6 is 23.2 Å². The lowest BCUT2D eigenvalue weighted by Gasteiger charge is -2.26. The number of nitrogens with zero attached hydrogens (tertiary/aromatic N) is 2. The average Bonchev–Trinajstić information content (AvgIpc) is 3.38. The molecule has 0 aromatic heterocycles. The topological polar surface area (TPSA) is 19.4 Å². The van der Waals surface area contributed by atoms with Crippen LogP contribution in [0.25, 0.3) is 33.4 Å². The second-order valence-electron chi connectivity index (χ2n) is 22.1. The molecule has 0 N–H and O–H groups in total. The standard InChI is InChI=1S/C67H109Cl2N2O/c1-5-9-13-17-21-25-29-33-37-41-52-70(53-42-38-34-30-26-22-18-14-10-6-2)58-48-50-60-64(56-58)72-65-57-59(49-51-61(65)66(60)67-62(68)46-45-47-63(67)69)71(54-43-39-35-31-27-23-19-15-11-7-3)55-44-40-36-32-28-24-20-16-12-8-4/h45-51,56-57H,5-44,52-55H2,1-4H3/q+1. The molecular weight excluding hydrogens is 920 g/mol. The van der Waals surface area contributed by atoms with E-state index in [9.17, 15) is 0 Å². The Labute approximate surface area is 454 Å². The monoisotopic (exact) mass is 1030 g/mol. The number of benzene rings is 3. The van der Waals surface area contributed by atoms with Crippen LogP contribution < -0.4 is 14.8 Å². The summed E-state index contributed by atoms with van der Waals surface area (Å²) in [7, 11) is 0. The van der Waals surface area contributed by atoms with E-state index in [1.165, 1.54) is 268 Å². The molecule has 72 heavy (non-hydrogen) atoms. The summed E-state index contributed by atoms with van der Waals surface area (Å²) < 4.78 is 9.82. The molecule has 0 fully saturated rings. The molecule has 1 aliphatic carbocycles. The molecule has 0 atom stereocenters. The quantitative estimate of drug-likeness (QED) is 0.0250. The molecule has 0 radical (unpaired) electrons. The van der Waals surface area contributed by atoms with Crippen molar-refractivity contribution in [1.29, 1.82) is 0 Å². The Balaban J connectivity index is 1.61. The van der Waals surface area contributed by atoms with Crippen LogP contribution in [0.2, 0.25) is 10.0 Å². The fourth-order valence-electron chi connectivity index (χ4n) is 11.2. The van der Waals surface area contributed by atoms with Gasteiger partial charge in [0.15, 0.2) is 0 Å². The Bertz CT molecular complexity index is 1910. The maximum absolute atomic E-state index is 7.15. The molecule has 0 saturated heterocycles. The summed E-state index contributed by atoms with van der Waals surface area (Å²) in [6.45, 7) is 13.6. The van der Waals surface area contributed by atoms with Gasteiger partial charge in [0.2, 0.25) is 5.36 Å². The summed E-state index contributed by atoms with van der Waals surface area (Å²) in [6.07, 6.45) is 54.3. The normalized spacial score (nSPS) is 11.7. The molecule has 0 saturated carbocycles. The van der Waals surface area contributed by atoms with E-state index in [0.717, 1.165) is 59.6 Å². The number of anilines is 1. The van der Waals surface area contributed by atoms with Gasteiger partial charge in [-0.3, -0.25) is 0 Å². The van der Waals surface area contributed by atoms with Crippen LogP contribution in [0.5, 0.6) is 0 Å². The first-order chi connectivity index (χ1) is 35.5. The molecule has 5 heteroatoms. The highest BCUT2D eigenvalue weighted by atomic mass is 35.5. The lowest BCUT2D eigenvalue weighted by Crippen LogP contribution is -2.32. The first-order valence-electron chi connectivity index (χ1n) is 31.3. The fraction of sp³-hybridized carbons (Fsp3) is 0.716. The second kappa shape index (κ2) is 40.8. The summed E-state index contributed by atoms with van der Waals surface area (Å²) in [5, 5.41) is 3.70. The van der Waals surface area contributed by atoms with E-state index in [1.54, 1.807) is 0 Å². The number of halogens is 2. The maximum Gasteiger partial charge on any atom is 0.203 e. The molecule has 4 rings (SSSR count). The fourth-order valence-corrected chi connectivity index (χ4v) is 11.8. The van der Waals surface area contributed by atoms with Crippen molar-refractivity contribution in [3.8, 4) is 22.5 Å². The van der Waals surface area contributed by atoms with Crippen LogP contribution in [0.3, 0.4) is 0 Å². The Morgan fingerprint density at radius 1 is 0.389 bits per heavy atom. The SMILES string of the molecule is CCCCCCCCCCCCN(CCCCCCCCCCCC)c1ccc2c(-c3c(Cl)cccc3Cl)c3ccc(=[N+](CCCCCCCCCCCC)CCCCCCCCCCCC)cc-3oc2c1. The number of rotatable bonds is 46. The summed E-state index contributed by atoms with van der Waals surface area (Å²) in [4.78, 5) is 2.67. The third kappa shape index (κ3) is 24.9. The van der Waals surface area contributed by atoms with E-state index >= 15 is 0 Å². The van der Waals surface area contributed by atoms with Crippen molar-refractivity contribution in [1.82, 2.24) is 4.58 Å². The van der Waals surface area contributed by atoms with Gasteiger partial charge < -0.3 is 9.32 Å². The van der Waals surface area contributed by atoms with Crippen molar-refractivity contribution in [2.75, 3.05) is 31.1 Å². The molecule has 2 aromatic rings. The highest BCUT2D eigenvalue weighted by molar-refractivity contribution is 6.40. The minimum Gasteiger partial charge on any atom is -0.456 e. The lowest BCUT2D eigenvalue weighted by molar-refractivity contribution is 0.483. The highest BCUT2D eigenvalue weighted by Gasteiger charge is 2.23. The van der Waals surface area contributed by atoms with Crippen LogP contribution in [-0.4, -0.2) is 26.2 Å². The molecule has 0 spiro atoms. The summed E-state index contributed by atoms with van der Waals surface area (Å²) in [5.74, 6) is 0.912. The predicted molar refractivity (Wildman–Crippen MR) is 323 cm³/mol. The minimum atomic E-state index is 0.677. The first kappa shape index (κ1) is 62.1. The maximum atomic E-state index is 7.15. The van der Waals surface area contributed by atoms with Crippen molar-refractivity contribution in [2.24, 2.45) is 0 Å². The van der Waals surface area contributed by atoms with Gasteiger partial charge in [-0.05, 0) is 56.0 Å². The highest BCUT2D eigenvalue weighted by Crippen LogP contribution is 2.46. The average molecular weight is 1030 g/mol. The molecule has 406 valence electrons. The third-order valence-corrected chi connectivity index (χ3v) is 16.4. The van der Waals surface area contributed by atoms with Gasteiger partial charge in [0, 0.05) is 75.9 Å². The number of hydrogen-bond acceptors (Lipinski definition) is 2. The molecule has 1 heterocycles. The zero-order valence-corrected chi connectivity index (χ0v) is 48.9. The zero-order valence-electron chi connectivity index (χ0n) is 47.4. The molecular formula is C67H109Cl2N2O+. The van der Waals surface area contributed by atoms with Gasteiger partial charge in [-0.15, -0.1) is 0 Å².